The summed E-state index contributed by atoms with van der Waals surface area (Å²) in [6.45, 7) is 0. The molecule has 0 radical (unpaired) electrons. The van der Waals surface area contributed by atoms with Crippen molar-refractivity contribution in [1.82, 2.24) is 15.0 Å². The molecular formula is C51H33N3. The van der Waals surface area contributed by atoms with E-state index in [4.69, 9.17) is 24.5 Å². The van der Waals surface area contributed by atoms with E-state index in [2.05, 4.69) is 42.5 Å². The van der Waals surface area contributed by atoms with Crippen molar-refractivity contribution in [1.29, 1.82) is 0 Å². The fourth-order valence-electron chi connectivity index (χ4n) is 7.15. The minimum absolute atomic E-state index is 0.0557. The van der Waals surface area contributed by atoms with Gasteiger partial charge in [0.1, 0.15) is 0 Å². The second-order valence-corrected chi connectivity index (χ2v) is 13.1. The normalized spacial score (nSPS) is 13.1. The van der Waals surface area contributed by atoms with Crippen LogP contribution in [0.3, 0.4) is 0 Å². The minimum atomic E-state index is -0.481. The Hall–Kier alpha value is -7.23. The summed E-state index contributed by atoms with van der Waals surface area (Å²) in [7, 11) is 0. The van der Waals surface area contributed by atoms with Gasteiger partial charge in [-0.1, -0.05) is 182 Å². The summed E-state index contributed by atoms with van der Waals surface area (Å²) in [6, 6.07) is 49.5. The molecule has 0 spiro atoms. The van der Waals surface area contributed by atoms with Crippen LogP contribution in [0.4, 0.5) is 0 Å². The van der Waals surface area contributed by atoms with Crippen LogP contribution in [0.15, 0.2) is 200 Å². The Morgan fingerprint density at radius 3 is 1.59 bits per heavy atom. The summed E-state index contributed by atoms with van der Waals surface area (Å²) in [5.41, 5.74) is 7.28. The molecule has 0 bridgehead atoms. The number of aromatic nitrogens is 3. The van der Waals surface area contributed by atoms with Crippen molar-refractivity contribution in [2.45, 2.75) is 0 Å². The molecule has 0 N–H and O–H groups in total. The van der Waals surface area contributed by atoms with Crippen molar-refractivity contribution in [3.63, 3.8) is 0 Å². The predicted octanol–water partition coefficient (Wildman–Crippen LogP) is 13.3. The van der Waals surface area contributed by atoms with Gasteiger partial charge in [-0.3, -0.25) is 0 Å². The topological polar surface area (TPSA) is 38.7 Å². The van der Waals surface area contributed by atoms with Crippen LogP contribution in [0.1, 0.15) is 9.60 Å². The highest BCUT2D eigenvalue weighted by Gasteiger charge is 2.16. The van der Waals surface area contributed by atoms with Gasteiger partial charge in [0.25, 0.3) is 0 Å². The zero-order valence-corrected chi connectivity index (χ0v) is 28.9. The molecule has 3 heteroatoms. The fourth-order valence-corrected chi connectivity index (χ4v) is 7.15. The average molecular weight is 695 g/mol. The molecule has 54 heavy (non-hydrogen) atoms. The van der Waals surface area contributed by atoms with Gasteiger partial charge in [-0.2, -0.15) is 0 Å². The second-order valence-electron chi connectivity index (χ2n) is 13.1. The smallest absolute Gasteiger partial charge is 0.164 e. The molecule has 1 heterocycles. The van der Waals surface area contributed by atoms with Crippen LogP contribution >= 0.6 is 0 Å². The Labute approximate surface area is 323 Å². The lowest BCUT2D eigenvalue weighted by molar-refractivity contribution is 1.07. The molecule has 252 valence electrons. The Bertz CT molecular complexity index is 3390. The number of fused-ring (bicyclic) bond motifs is 3. The molecule has 0 atom stereocenters. The maximum Gasteiger partial charge on any atom is 0.164 e. The minimum Gasteiger partial charge on any atom is -0.208 e. The third-order valence-electron chi connectivity index (χ3n) is 9.81. The standard InChI is InChI=1S/C51H33N3/c1-3-13-34(14-4-1)37-25-26-39-32-42(28-27-38(39)31-37)51-53-49(36-16-5-2-6-17-36)52-50(54-51)41-20-11-19-40(33-41)44-29-30-48(47-23-10-9-22-45(44)47)46-24-12-18-35-15-7-8-21-43(35)46/h1-33H/i7D,8D,12D,15D,18D,21D,24D. The molecule has 0 amide bonds. The van der Waals surface area contributed by atoms with Crippen molar-refractivity contribution >= 4 is 32.3 Å². The van der Waals surface area contributed by atoms with Gasteiger partial charge in [0, 0.05) is 16.7 Å². The van der Waals surface area contributed by atoms with Gasteiger partial charge in [-0.05, 0) is 83.9 Å². The maximum absolute atomic E-state index is 9.02. The third kappa shape index (κ3) is 5.78. The van der Waals surface area contributed by atoms with Gasteiger partial charge in [-0.25, -0.2) is 15.0 Å². The van der Waals surface area contributed by atoms with Crippen LogP contribution in [-0.4, -0.2) is 15.0 Å². The van der Waals surface area contributed by atoms with E-state index in [1.54, 1.807) is 0 Å². The van der Waals surface area contributed by atoms with Crippen LogP contribution in [0.25, 0.3) is 99.9 Å². The van der Waals surface area contributed by atoms with E-state index in [1.165, 1.54) is 0 Å². The van der Waals surface area contributed by atoms with Crippen LogP contribution < -0.4 is 0 Å². The second kappa shape index (κ2) is 13.4. The highest BCUT2D eigenvalue weighted by molar-refractivity contribution is 6.09. The van der Waals surface area contributed by atoms with E-state index in [0.717, 1.165) is 60.5 Å². The van der Waals surface area contributed by atoms with Gasteiger partial charge in [0.2, 0.25) is 0 Å². The number of rotatable bonds is 6. The van der Waals surface area contributed by atoms with Crippen molar-refractivity contribution in [3.05, 3.63) is 200 Å². The van der Waals surface area contributed by atoms with Crippen molar-refractivity contribution in [3.8, 4) is 67.5 Å². The Morgan fingerprint density at radius 2 is 0.833 bits per heavy atom. The molecule has 0 aliphatic heterocycles. The fraction of sp³-hybridized carbons (Fsp3) is 0. The first kappa shape index (κ1) is 24.9. The lowest BCUT2D eigenvalue weighted by Crippen LogP contribution is -2.00. The van der Waals surface area contributed by atoms with Gasteiger partial charge in [0.05, 0.1) is 9.60 Å². The molecule has 9 aromatic carbocycles. The molecule has 10 aromatic rings. The molecule has 0 fully saturated rings. The summed E-state index contributed by atoms with van der Waals surface area (Å²) >= 11 is 0. The highest BCUT2D eigenvalue weighted by Crippen LogP contribution is 2.39. The summed E-state index contributed by atoms with van der Waals surface area (Å²) in [5, 5.41) is 3.72. The lowest BCUT2D eigenvalue weighted by atomic mass is 9.90. The van der Waals surface area contributed by atoms with Crippen molar-refractivity contribution < 1.29 is 9.60 Å². The lowest BCUT2D eigenvalue weighted by Gasteiger charge is -2.15. The van der Waals surface area contributed by atoms with Crippen LogP contribution in [-0.2, 0) is 0 Å². The van der Waals surface area contributed by atoms with E-state index in [1.807, 2.05) is 115 Å². The SMILES string of the molecule is [2H]c1c([2H])c([2H])c2c(-c3ccc(-c4cccc(-c5nc(-c6ccccc6)nc(-c6ccc7cc(-c8ccccc8)ccc7c6)n5)c4)c4ccccc34)c([2H])c([2H])c([2H])c2c1[2H]. The van der Waals surface area contributed by atoms with E-state index >= 15 is 0 Å². The number of hydrogen-bond acceptors (Lipinski definition) is 3. The van der Waals surface area contributed by atoms with Gasteiger partial charge in [0.15, 0.2) is 17.5 Å². The summed E-state index contributed by atoms with van der Waals surface area (Å²) < 4.78 is 60.5. The molecular weight excluding hydrogens is 655 g/mol. The van der Waals surface area contributed by atoms with Gasteiger partial charge in [-0.15, -0.1) is 0 Å². The molecule has 1 aromatic heterocycles. The molecule has 10 rings (SSSR count). The largest absolute Gasteiger partial charge is 0.208 e. The average Bonchev–Trinajstić information content (AvgIpc) is 3.31. The van der Waals surface area contributed by atoms with Crippen LogP contribution in [0.2, 0.25) is 0 Å². The summed E-state index contributed by atoms with van der Waals surface area (Å²) in [6.07, 6.45) is 0. The number of benzene rings is 9. The zero-order valence-electron chi connectivity index (χ0n) is 35.9. The Kier molecular flexibility index (Phi) is 6.17. The number of hydrogen-bond donors (Lipinski definition) is 0. The first-order valence-corrected chi connectivity index (χ1v) is 17.7. The molecule has 0 unspecified atom stereocenters. The van der Waals surface area contributed by atoms with E-state index in [9.17, 15) is 0 Å². The molecule has 3 nitrogen and oxygen atoms in total. The first-order valence-electron chi connectivity index (χ1n) is 21.2. The molecule has 0 saturated carbocycles. The highest BCUT2D eigenvalue weighted by atomic mass is 15.0. The summed E-state index contributed by atoms with van der Waals surface area (Å²) in [4.78, 5) is 15.1. The Morgan fingerprint density at radius 1 is 0.296 bits per heavy atom. The van der Waals surface area contributed by atoms with Gasteiger partial charge >= 0.3 is 0 Å². The van der Waals surface area contributed by atoms with Crippen LogP contribution in [0.5, 0.6) is 0 Å². The first-order chi connectivity index (χ1) is 29.7. The monoisotopic (exact) mass is 694 g/mol. The quantitative estimate of drug-likeness (QED) is 0.174. The maximum atomic E-state index is 9.02. The Balaban J connectivity index is 1.11. The van der Waals surface area contributed by atoms with E-state index in [-0.39, 0.29) is 28.4 Å². The summed E-state index contributed by atoms with van der Waals surface area (Å²) in [5.74, 6) is 1.59. The van der Waals surface area contributed by atoms with Crippen LogP contribution in [0, 0.1) is 0 Å². The molecule has 0 aliphatic rings. The predicted molar refractivity (Wildman–Crippen MR) is 225 cm³/mol. The third-order valence-corrected chi connectivity index (χ3v) is 9.81. The zero-order chi connectivity index (χ0) is 41.9. The number of nitrogens with zero attached hydrogens (tertiary/aromatic N) is 3. The van der Waals surface area contributed by atoms with E-state index in [0.29, 0.717) is 23.0 Å². The van der Waals surface area contributed by atoms with E-state index < -0.39 is 30.2 Å². The molecule has 0 aliphatic carbocycles. The molecule has 0 saturated heterocycles. The van der Waals surface area contributed by atoms with Gasteiger partial charge < -0.3 is 0 Å². The van der Waals surface area contributed by atoms with Crippen molar-refractivity contribution in [2.75, 3.05) is 0 Å². The van der Waals surface area contributed by atoms with Crippen molar-refractivity contribution in [2.24, 2.45) is 0 Å².